The Hall–Kier alpha value is -1.18. The molecule has 1 aromatic heterocycles. The molecule has 0 bridgehead atoms. The predicted octanol–water partition coefficient (Wildman–Crippen LogP) is 1.66. The van der Waals surface area contributed by atoms with Crippen LogP contribution in [0.15, 0.2) is 4.99 Å². The molecular formula is C16H28N4O2S. The van der Waals surface area contributed by atoms with E-state index in [2.05, 4.69) is 34.5 Å². The largest absolute Gasteiger partial charge is 0.381 e. The molecule has 1 aliphatic rings. The Morgan fingerprint density at radius 2 is 2.09 bits per heavy atom. The van der Waals surface area contributed by atoms with Crippen LogP contribution in [-0.2, 0) is 15.9 Å². The van der Waals surface area contributed by atoms with Gasteiger partial charge in [-0.2, -0.15) is 0 Å². The number of ether oxygens (including phenoxy) is 2. The fourth-order valence-electron chi connectivity index (χ4n) is 2.60. The maximum absolute atomic E-state index is 5.73. The van der Waals surface area contributed by atoms with Crippen LogP contribution in [0.3, 0.4) is 0 Å². The topological polar surface area (TPSA) is 67.8 Å². The van der Waals surface area contributed by atoms with Crippen molar-refractivity contribution < 1.29 is 9.47 Å². The summed E-state index contributed by atoms with van der Waals surface area (Å²) in [6, 6.07) is 0. The fourth-order valence-corrected chi connectivity index (χ4v) is 3.53. The van der Waals surface area contributed by atoms with E-state index in [1.54, 1.807) is 25.5 Å². The summed E-state index contributed by atoms with van der Waals surface area (Å²) < 4.78 is 11.2. The molecule has 1 aromatic rings. The van der Waals surface area contributed by atoms with Gasteiger partial charge in [-0.25, -0.2) is 4.98 Å². The lowest BCUT2D eigenvalue weighted by atomic mass is 9.94. The van der Waals surface area contributed by atoms with Gasteiger partial charge in [-0.1, -0.05) is 0 Å². The summed E-state index contributed by atoms with van der Waals surface area (Å²) in [5.74, 6) is 0.804. The number of nitrogens with one attached hydrogen (secondary N) is 2. The van der Waals surface area contributed by atoms with Crippen LogP contribution in [0.2, 0.25) is 0 Å². The minimum absolute atomic E-state index is 0.153. The minimum Gasteiger partial charge on any atom is -0.381 e. The summed E-state index contributed by atoms with van der Waals surface area (Å²) in [4.78, 5) is 10.1. The molecule has 130 valence electrons. The standard InChI is InChI=1S/C16H28N4O2S/c1-12-13(2)23-14(20-12)5-8-18-15(17-3)19-11-16(21-4)6-9-22-10-7-16/h5-11H2,1-4H3,(H2,17,18,19). The zero-order valence-corrected chi connectivity index (χ0v) is 15.4. The van der Waals surface area contributed by atoms with Gasteiger partial charge in [-0.05, 0) is 13.8 Å². The van der Waals surface area contributed by atoms with Crippen molar-refractivity contribution in [3.05, 3.63) is 15.6 Å². The first-order valence-electron chi connectivity index (χ1n) is 8.09. The van der Waals surface area contributed by atoms with Crippen LogP contribution >= 0.6 is 11.3 Å². The molecule has 0 atom stereocenters. The zero-order chi connectivity index (χ0) is 16.7. The Bertz CT molecular complexity index is 505. The Morgan fingerprint density at radius 1 is 1.35 bits per heavy atom. The highest BCUT2D eigenvalue weighted by Gasteiger charge is 2.32. The smallest absolute Gasteiger partial charge is 0.191 e. The first-order valence-corrected chi connectivity index (χ1v) is 8.90. The van der Waals surface area contributed by atoms with E-state index in [4.69, 9.17) is 9.47 Å². The van der Waals surface area contributed by atoms with Gasteiger partial charge in [0.15, 0.2) is 5.96 Å². The number of thiazole rings is 1. The van der Waals surface area contributed by atoms with Crippen molar-refractivity contribution in [3.63, 3.8) is 0 Å². The van der Waals surface area contributed by atoms with Crippen LogP contribution < -0.4 is 10.6 Å². The minimum atomic E-state index is -0.153. The van der Waals surface area contributed by atoms with E-state index in [0.29, 0.717) is 0 Å². The second-order valence-electron chi connectivity index (χ2n) is 5.85. The monoisotopic (exact) mass is 340 g/mol. The number of hydrogen-bond donors (Lipinski definition) is 2. The molecule has 0 amide bonds. The fraction of sp³-hybridized carbons (Fsp3) is 0.750. The second kappa shape index (κ2) is 8.61. The summed E-state index contributed by atoms with van der Waals surface area (Å²) in [7, 11) is 3.56. The van der Waals surface area contributed by atoms with Crippen LogP contribution in [-0.4, -0.2) is 57.0 Å². The Balaban J connectivity index is 1.76. The lowest BCUT2D eigenvalue weighted by Gasteiger charge is -2.36. The molecule has 0 aliphatic carbocycles. The van der Waals surface area contributed by atoms with Crippen molar-refractivity contribution >= 4 is 17.3 Å². The normalized spacial score (nSPS) is 18.0. The van der Waals surface area contributed by atoms with Crippen LogP contribution in [0.4, 0.5) is 0 Å². The molecule has 0 spiro atoms. The molecule has 1 aliphatic heterocycles. The molecule has 0 radical (unpaired) electrons. The van der Waals surface area contributed by atoms with Crippen LogP contribution in [0.5, 0.6) is 0 Å². The third kappa shape index (κ3) is 5.16. The average molecular weight is 340 g/mol. The number of methoxy groups -OCH3 is 1. The van der Waals surface area contributed by atoms with E-state index in [1.807, 2.05) is 0 Å². The van der Waals surface area contributed by atoms with Gasteiger partial charge < -0.3 is 20.1 Å². The molecule has 6 nitrogen and oxygen atoms in total. The van der Waals surface area contributed by atoms with Crippen LogP contribution in [0.25, 0.3) is 0 Å². The summed E-state index contributed by atoms with van der Waals surface area (Å²) in [6.45, 7) is 7.23. The number of rotatable bonds is 6. The quantitative estimate of drug-likeness (QED) is 0.609. The van der Waals surface area contributed by atoms with Gasteiger partial charge in [0.25, 0.3) is 0 Å². The third-order valence-electron chi connectivity index (χ3n) is 4.34. The molecule has 2 heterocycles. The SMILES string of the molecule is CN=C(NCCc1nc(C)c(C)s1)NCC1(OC)CCOCC1. The summed E-state index contributed by atoms with van der Waals surface area (Å²) >= 11 is 1.77. The number of aliphatic imine (C=N–C) groups is 1. The lowest BCUT2D eigenvalue weighted by Crippen LogP contribution is -2.51. The van der Waals surface area contributed by atoms with Crippen molar-refractivity contribution in [2.45, 2.75) is 38.7 Å². The predicted molar refractivity (Wildman–Crippen MR) is 94.4 cm³/mol. The Labute approximate surface area is 142 Å². The lowest BCUT2D eigenvalue weighted by molar-refractivity contribution is -0.0855. The summed E-state index contributed by atoms with van der Waals surface area (Å²) in [5, 5.41) is 7.89. The average Bonchev–Trinajstić information content (AvgIpc) is 2.89. The molecule has 7 heteroatoms. The van der Waals surface area contributed by atoms with Crippen molar-refractivity contribution in [3.8, 4) is 0 Å². The van der Waals surface area contributed by atoms with E-state index in [0.717, 1.165) is 57.2 Å². The summed E-state index contributed by atoms with van der Waals surface area (Å²) in [5.41, 5.74) is 0.980. The highest BCUT2D eigenvalue weighted by atomic mass is 32.1. The van der Waals surface area contributed by atoms with E-state index >= 15 is 0 Å². The molecule has 1 fully saturated rings. The number of nitrogens with zero attached hydrogens (tertiary/aromatic N) is 2. The number of hydrogen-bond acceptors (Lipinski definition) is 5. The van der Waals surface area contributed by atoms with Crippen LogP contribution in [0.1, 0.15) is 28.4 Å². The molecule has 0 unspecified atom stereocenters. The number of aryl methyl sites for hydroxylation is 2. The molecule has 2 rings (SSSR count). The highest BCUT2D eigenvalue weighted by molar-refractivity contribution is 7.11. The van der Waals surface area contributed by atoms with Gasteiger partial charge in [0.1, 0.15) is 0 Å². The molecular weight excluding hydrogens is 312 g/mol. The number of aromatic nitrogens is 1. The van der Waals surface area contributed by atoms with Gasteiger partial charge in [0.2, 0.25) is 0 Å². The Morgan fingerprint density at radius 3 is 2.65 bits per heavy atom. The van der Waals surface area contributed by atoms with Crippen LogP contribution in [0, 0.1) is 13.8 Å². The summed E-state index contributed by atoms with van der Waals surface area (Å²) in [6.07, 6.45) is 2.72. The number of guanidine groups is 1. The molecule has 23 heavy (non-hydrogen) atoms. The first kappa shape index (κ1) is 18.2. The third-order valence-corrected chi connectivity index (χ3v) is 5.48. The van der Waals surface area contributed by atoms with Crippen molar-refractivity contribution in [1.29, 1.82) is 0 Å². The van der Waals surface area contributed by atoms with Crippen molar-refractivity contribution in [1.82, 2.24) is 15.6 Å². The molecule has 1 saturated heterocycles. The van der Waals surface area contributed by atoms with E-state index in [9.17, 15) is 0 Å². The van der Waals surface area contributed by atoms with Gasteiger partial charge in [0, 0.05) is 64.6 Å². The molecule has 0 saturated carbocycles. The van der Waals surface area contributed by atoms with Crippen molar-refractivity contribution in [2.24, 2.45) is 4.99 Å². The maximum atomic E-state index is 5.73. The highest BCUT2D eigenvalue weighted by Crippen LogP contribution is 2.23. The zero-order valence-electron chi connectivity index (χ0n) is 14.6. The van der Waals surface area contributed by atoms with E-state index in [-0.39, 0.29) is 5.60 Å². The molecule has 0 aromatic carbocycles. The van der Waals surface area contributed by atoms with Gasteiger partial charge in [0.05, 0.1) is 16.3 Å². The van der Waals surface area contributed by atoms with Gasteiger partial charge >= 0.3 is 0 Å². The van der Waals surface area contributed by atoms with Gasteiger partial charge in [-0.15, -0.1) is 11.3 Å². The maximum Gasteiger partial charge on any atom is 0.191 e. The van der Waals surface area contributed by atoms with Crippen molar-refractivity contribution in [2.75, 3.05) is 40.5 Å². The Kier molecular flexibility index (Phi) is 6.80. The van der Waals surface area contributed by atoms with Gasteiger partial charge in [-0.3, -0.25) is 4.99 Å². The van der Waals surface area contributed by atoms with E-state index < -0.39 is 0 Å². The first-order chi connectivity index (χ1) is 11.1. The molecule has 2 N–H and O–H groups in total. The second-order valence-corrected chi connectivity index (χ2v) is 7.14. The van der Waals surface area contributed by atoms with E-state index in [1.165, 1.54) is 9.88 Å².